The minimum absolute atomic E-state index is 0.159. The van der Waals surface area contributed by atoms with Crippen LogP contribution in [0.15, 0.2) is 47.5 Å². The van der Waals surface area contributed by atoms with E-state index < -0.39 is 6.04 Å². The lowest BCUT2D eigenvalue weighted by atomic mass is 10.1. The third kappa shape index (κ3) is 10.8. The molecular formula is C24H28N4O2S. The number of aliphatic imine (C=N–C) groups is 1. The van der Waals surface area contributed by atoms with E-state index in [-0.39, 0.29) is 17.9 Å². The molecule has 1 aromatic rings. The zero-order valence-corrected chi connectivity index (χ0v) is 19.0. The molecule has 2 amide bonds. The topological polar surface area (TPSA) is 82.6 Å². The summed E-state index contributed by atoms with van der Waals surface area (Å²) in [5, 5.41) is 5.73. The number of hydrogen-bond donors (Lipinski definition) is 3. The average Bonchev–Trinajstić information content (AvgIpc) is 2.76. The molecule has 7 heteroatoms. The van der Waals surface area contributed by atoms with Crippen molar-refractivity contribution in [2.75, 3.05) is 13.3 Å². The molecule has 162 valence electrons. The molecule has 0 aromatic heterocycles. The molecule has 0 radical (unpaired) electrons. The molecule has 1 rings (SSSR count). The highest BCUT2D eigenvalue weighted by molar-refractivity contribution is 7.97. The number of hydrogen-bond acceptors (Lipinski definition) is 4. The minimum Gasteiger partial charge on any atom is -0.356 e. The van der Waals surface area contributed by atoms with E-state index in [1.807, 2.05) is 31.2 Å². The fourth-order valence-corrected chi connectivity index (χ4v) is 2.68. The maximum absolute atomic E-state index is 11.6. The van der Waals surface area contributed by atoms with Crippen LogP contribution in [0.25, 0.3) is 6.08 Å². The first-order chi connectivity index (χ1) is 14.9. The SMILES string of the molecule is C#CC(C#CC)NC(Cc1ccc(/C=C/C(=O)NC)cc1)=NC(C)/C=C/C(=O)NSC. The fraction of sp³-hybridized carbons (Fsp3) is 0.292. The van der Waals surface area contributed by atoms with Gasteiger partial charge >= 0.3 is 0 Å². The predicted octanol–water partition coefficient (Wildman–Crippen LogP) is 2.34. The number of benzene rings is 1. The van der Waals surface area contributed by atoms with Crippen LogP contribution in [0.1, 0.15) is 25.0 Å². The molecule has 3 N–H and O–H groups in total. The Morgan fingerprint density at radius 3 is 2.52 bits per heavy atom. The normalized spacial score (nSPS) is 13.1. The van der Waals surface area contributed by atoms with E-state index in [4.69, 9.17) is 6.42 Å². The van der Waals surface area contributed by atoms with E-state index >= 15 is 0 Å². The van der Waals surface area contributed by atoms with E-state index in [2.05, 4.69) is 38.1 Å². The summed E-state index contributed by atoms with van der Waals surface area (Å²) in [6.45, 7) is 3.61. The standard InChI is InChI=1S/C24H28N4O2S/c1-6-8-21(7-2)27-22(26-18(3)9-15-24(30)28-31-5)17-20-12-10-19(11-13-20)14-16-23(29)25-4/h2,9-16,18,21H,17H2,1,3-5H3,(H,25,29)(H,26,27)(H,28,30)/b15-9+,16-14+. The molecule has 2 unspecified atom stereocenters. The van der Waals surface area contributed by atoms with Crippen LogP contribution in [0, 0.1) is 24.2 Å². The second kappa shape index (κ2) is 14.5. The number of nitrogens with one attached hydrogen (secondary N) is 3. The Labute approximate surface area is 189 Å². The van der Waals surface area contributed by atoms with Gasteiger partial charge in [0, 0.05) is 31.9 Å². The molecule has 0 spiro atoms. The maximum atomic E-state index is 11.6. The van der Waals surface area contributed by atoms with Gasteiger partial charge in [-0.05, 0) is 31.1 Å². The molecule has 0 fully saturated rings. The van der Waals surface area contributed by atoms with Crippen molar-refractivity contribution in [3.05, 3.63) is 53.6 Å². The van der Waals surface area contributed by atoms with E-state index in [0.717, 1.165) is 11.1 Å². The van der Waals surface area contributed by atoms with Crippen LogP contribution in [0.5, 0.6) is 0 Å². The molecule has 0 saturated carbocycles. The number of amides is 2. The lowest BCUT2D eigenvalue weighted by Crippen LogP contribution is -2.35. The Hall–Kier alpha value is -3.42. The largest absolute Gasteiger partial charge is 0.356 e. The summed E-state index contributed by atoms with van der Waals surface area (Å²) in [5.74, 6) is 8.65. The van der Waals surface area contributed by atoms with Crippen molar-refractivity contribution < 1.29 is 9.59 Å². The summed E-state index contributed by atoms with van der Waals surface area (Å²) in [6, 6.07) is 7.07. The van der Waals surface area contributed by atoms with Crippen LogP contribution < -0.4 is 15.4 Å². The van der Waals surface area contributed by atoms with Gasteiger partial charge in [0.15, 0.2) is 6.04 Å². The third-order valence-electron chi connectivity index (χ3n) is 3.88. The average molecular weight is 437 g/mol. The number of rotatable bonds is 9. The number of amidine groups is 1. The quantitative estimate of drug-likeness (QED) is 0.182. The van der Waals surface area contributed by atoms with Crippen LogP contribution in [-0.2, 0) is 16.0 Å². The summed E-state index contributed by atoms with van der Waals surface area (Å²) in [7, 11) is 1.58. The summed E-state index contributed by atoms with van der Waals surface area (Å²) < 4.78 is 2.63. The van der Waals surface area contributed by atoms with Gasteiger partial charge < -0.3 is 10.6 Å². The molecule has 0 saturated heterocycles. The number of terminal acetylenes is 1. The lowest BCUT2D eigenvalue weighted by molar-refractivity contribution is -0.116. The van der Waals surface area contributed by atoms with Gasteiger partial charge in [-0.2, -0.15) is 0 Å². The van der Waals surface area contributed by atoms with Gasteiger partial charge in [-0.3, -0.25) is 19.3 Å². The van der Waals surface area contributed by atoms with Crippen LogP contribution in [0.2, 0.25) is 0 Å². The second-order valence-corrected chi connectivity index (χ2v) is 6.96. The van der Waals surface area contributed by atoms with Crippen LogP contribution in [-0.4, -0.2) is 43.0 Å². The van der Waals surface area contributed by atoms with Gasteiger partial charge in [-0.25, -0.2) is 0 Å². The van der Waals surface area contributed by atoms with Gasteiger partial charge in [0.05, 0.1) is 6.04 Å². The maximum Gasteiger partial charge on any atom is 0.253 e. The predicted molar refractivity (Wildman–Crippen MR) is 130 cm³/mol. The number of carbonyl (C=O) groups is 2. The van der Waals surface area contributed by atoms with Crippen LogP contribution in [0.4, 0.5) is 0 Å². The van der Waals surface area contributed by atoms with E-state index in [1.165, 1.54) is 24.1 Å². The Balaban J connectivity index is 3.01. The van der Waals surface area contributed by atoms with E-state index in [0.29, 0.717) is 12.3 Å². The molecule has 0 aliphatic heterocycles. The highest BCUT2D eigenvalue weighted by Crippen LogP contribution is 2.08. The van der Waals surface area contributed by atoms with E-state index in [9.17, 15) is 9.59 Å². The Morgan fingerprint density at radius 2 is 1.94 bits per heavy atom. The molecule has 2 atom stereocenters. The first kappa shape index (κ1) is 25.6. The van der Waals surface area contributed by atoms with Crippen molar-refractivity contribution in [3.63, 3.8) is 0 Å². The summed E-state index contributed by atoms with van der Waals surface area (Å²) in [6.07, 6.45) is 14.3. The Bertz CT molecular complexity index is 931. The molecule has 0 bridgehead atoms. The summed E-state index contributed by atoms with van der Waals surface area (Å²) in [4.78, 5) is 27.6. The second-order valence-electron chi connectivity index (χ2n) is 6.35. The molecule has 1 aromatic carbocycles. The molecule has 6 nitrogen and oxygen atoms in total. The molecule has 0 aliphatic rings. The van der Waals surface area contributed by atoms with Gasteiger partial charge in [-0.15, -0.1) is 12.3 Å². The van der Waals surface area contributed by atoms with Crippen LogP contribution >= 0.6 is 11.9 Å². The third-order valence-corrected chi connectivity index (χ3v) is 4.28. The van der Waals surface area contributed by atoms with Crippen molar-refractivity contribution in [1.29, 1.82) is 0 Å². The Morgan fingerprint density at radius 1 is 1.23 bits per heavy atom. The highest BCUT2D eigenvalue weighted by Gasteiger charge is 2.08. The number of likely N-dealkylation sites (N-methyl/N-ethyl adjacent to an activating group) is 1. The number of nitrogens with zero attached hydrogens (tertiary/aromatic N) is 1. The van der Waals surface area contributed by atoms with Crippen molar-refractivity contribution in [3.8, 4) is 24.2 Å². The van der Waals surface area contributed by atoms with Gasteiger partial charge in [-0.1, -0.05) is 54.1 Å². The smallest absolute Gasteiger partial charge is 0.253 e. The van der Waals surface area contributed by atoms with Gasteiger partial charge in [0.2, 0.25) is 5.91 Å². The van der Waals surface area contributed by atoms with Crippen molar-refractivity contribution in [2.45, 2.75) is 32.4 Å². The summed E-state index contributed by atoms with van der Waals surface area (Å²) in [5.41, 5.74) is 1.92. The minimum atomic E-state index is -0.463. The molecular weight excluding hydrogens is 408 g/mol. The Kier molecular flexibility index (Phi) is 12.0. The molecule has 31 heavy (non-hydrogen) atoms. The first-order valence-corrected chi connectivity index (χ1v) is 10.9. The van der Waals surface area contributed by atoms with Gasteiger partial charge in [0.1, 0.15) is 5.84 Å². The molecule has 0 aliphatic carbocycles. The first-order valence-electron chi connectivity index (χ1n) is 9.63. The lowest BCUT2D eigenvalue weighted by Gasteiger charge is -2.14. The highest BCUT2D eigenvalue weighted by atomic mass is 32.2. The fourth-order valence-electron chi connectivity index (χ4n) is 2.41. The zero-order valence-electron chi connectivity index (χ0n) is 18.2. The van der Waals surface area contributed by atoms with Crippen LogP contribution in [0.3, 0.4) is 0 Å². The summed E-state index contributed by atoms with van der Waals surface area (Å²) >= 11 is 1.24. The van der Waals surface area contributed by atoms with Crippen molar-refractivity contribution >= 4 is 35.7 Å². The molecule has 0 heterocycles. The van der Waals surface area contributed by atoms with Crippen molar-refractivity contribution in [1.82, 2.24) is 15.4 Å². The van der Waals surface area contributed by atoms with Gasteiger partial charge in [0.25, 0.3) is 5.91 Å². The van der Waals surface area contributed by atoms with Crippen molar-refractivity contribution in [2.24, 2.45) is 4.99 Å². The number of carbonyl (C=O) groups excluding carboxylic acids is 2. The zero-order chi connectivity index (χ0) is 23.1. The van der Waals surface area contributed by atoms with E-state index in [1.54, 1.807) is 32.4 Å². The monoisotopic (exact) mass is 436 g/mol.